The van der Waals surface area contributed by atoms with E-state index in [-0.39, 0.29) is 18.2 Å². The van der Waals surface area contributed by atoms with E-state index in [9.17, 15) is 4.79 Å². The molecule has 2 heterocycles. The minimum absolute atomic E-state index is 0.0248. The quantitative estimate of drug-likeness (QED) is 0.756. The Bertz CT molecular complexity index is 667. The van der Waals surface area contributed by atoms with Crippen molar-refractivity contribution in [2.24, 2.45) is 0 Å². The monoisotopic (exact) mass is 343 g/mol. The number of aryl methyl sites for hydroxylation is 2. The third kappa shape index (κ3) is 4.43. The van der Waals surface area contributed by atoms with Gasteiger partial charge >= 0.3 is 6.09 Å². The van der Waals surface area contributed by atoms with E-state index in [1.165, 1.54) is 22.3 Å². The van der Waals surface area contributed by atoms with E-state index < -0.39 is 5.60 Å². The Morgan fingerprint density at radius 3 is 2.48 bits per heavy atom. The van der Waals surface area contributed by atoms with Gasteiger partial charge in [0.15, 0.2) is 0 Å². The largest absolute Gasteiger partial charge is 0.444 e. The van der Waals surface area contributed by atoms with Crippen molar-refractivity contribution in [3.05, 3.63) is 46.5 Å². The Kier molecular flexibility index (Phi) is 4.92. The average Bonchev–Trinajstić information content (AvgIpc) is 2.43. The molecule has 4 nitrogen and oxygen atoms in total. The first-order valence-electron chi connectivity index (χ1n) is 9.07. The number of hydrogen-bond acceptors (Lipinski definition) is 3. The summed E-state index contributed by atoms with van der Waals surface area (Å²) in [7, 11) is 0. The lowest BCUT2D eigenvalue weighted by molar-refractivity contribution is -0.0536. The van der Waals surface area contributed by atoms with Crippen LogP contribution in [0.2, 0.25) is 0 Å². The molecule has 2 unspecified atom stereocenters. The highest BCUT2D eigenvalue weighted by Gasteiger charge is 2.39. The third-order valence-electron chi connectivity index (χ3n) is 4.59. The van der Waals surface area contributed by atoms with Crippen molar-refractivity contribution in [3.8, 4) is 0 Å². The van der Waals surface area contributed by atoms with Crippen LogP contribution in [0.1, 0.15) is 43.9 Å². The first-order chi connectivity index (χ1) is 11.7. The van der Waals surface area contributed by atoms with Gasteiger partial charge < -0.3 is 9.47 Å². The Labute approximate surface area is 150 Å². The molecule has 1 fully saturated rings. The summed E-state index contributed by atoms with van der Waals surface area (Å²) in [6, 6.07) is 6.74. The molecule has 0 aromatic heterocycles. The molecule has 2 aliphatic heterocycles. The van der Waals surface area contributed by atoms with Gasteiger partial charge in [0.1, 0.15) is 5.60 Å². The molecule has 0 N–H and O–H groups in total. The summed E-state index contributed by atoms with van der Waals surface area (Å²) in [5.41, 5.74) is 4.85. The number of amides is 1. The fourth-order valence-corrected chi connectivity index (χ4v) is 3.85. The molecule has 0 saturated carbocycles. The SMILES string of the molecule is Cc1cc(C)cc(CC2=CC3COCC(C2)N3C(=O)OC(C)(C)C)c1. The summed E-state index contributed by atoms with van der Waals surface area (Å²) in [5, 5.41) is 0. The molecule has 136 valence electrons. The number of fused-ring (bicyclic) bond motifs is 2. The summed E-state index contributed by atoms with van der Waals surface area (Å²) < 4.78 is 11.3. The second kappa shape index (κ2) is 6.83. The van der Waals surface area contributed by atoms with Crippen LogP contribution in [0.4, 0.5) is 4.79 Å². The predicted octanol–water partition coefficient (Wildman–Crippen LogP) is 4.18. The molecule has 0 spiro atoms. The maximum Gasteiger partial charge on any atom is 0.411 e. The summed E-state index contributed by atoms with van der Waals surface area (Å²) in [4.78, 5) is 14.5. The number of rotatable bonds is 2. The van der Waals surface area contributed by atoms with Crippen LogP contribution >= 0.6 is 0 Å². The fourth-order valence-electron chi connectivity index (χ4n) is 3.85. The van der Waals surface area contributed by atoms with Crippen LogP contribution in [0.5, 0.6) is 0 Å². The van der Waals surface area contributed by atoms with Crippen LogP contribution < -0.4 is 0 Å². The van der Waals surface area contributed by atoms with Gasteiger partial charge in [-0.2, -0.15) is 0 Å². The molecule has 0 radical (unpaired) electrons. The zero-order chi connectivity index (χ0) is 18.2. The lowest BCUT2D eigenvalue weighted by Gasteiger charge is -2.44. The zero-order valence-corrected chi connectivity index (χ0v) is 16.0. The number of benzene rings is 1. The van der Waals surface area contributed by atoms with Crippen LogP contribution in [0.15, 0.2) is 29.8 Å². The highest BCUT2D eigenvalue weighted by molar-refractivity contribution is 5.70. The number of carbonyl (C=O) groups excluding carboxylic acids is 1. The molecule has 1 aromatic carbocycles. The first kappa shape index (κ1) is 18.0. The topological polar surface area (TPSA) is 38.8 Å². The number of hydrogen-bond donors (Lipinski definition) is 0. The van der Waals surface area contributed by atoms with Crippen molar-refractivity contribution in [2.75, 3.05) is 13.2 Å². The number of ether oxygens (including phenoxy) is 2. The van der Waals surface area contributed by atoms with Crippen LogP contribution in [-0.2, 0) is 15.9 Å². The van der Waals surface area contributed by atoms with Gasteiger partial charge in [-0.3, -0.25) is 4.90 Å². The van der Waals surface area contributed by atoms with Gasteiger partial charge in [-0.25, -0.2) is 4.79 Å². The highest BCUT2D eigenvalue weighted by atomic mass is 16.6. The van der Waals surface area contributed by atoms with Crippen molar-refractivity contribution in [1.29, 1.82) is 0 Å². The maximum absolute atomic E-state index is 12.6. The van der Waals surface area contributed by atoms with E-state index in [0.717, 1.165) is 12.8 Å². The minimum atomic E-state index is -0.477. The van der Waals surface area contributed by atoms with Crippen LogP contribution in [0.25, 0.3) is 0 Å². The van der Waals surface area contributed by atoms with E-state index in [1.807, 2.05) is 25.7 Å². The van der Waals surface area contributed by atoms with Gasteiger partial charge in [-0.15, -0.1) is 0 Å². The Morgan fingerprint density at radius 1 is 1.20 bits per heavy atom. The van der Waals surface area contributed by atoms with Crippen molar-refractivity contribution in [1.82, 2.24) is 4.90 Å². The van der Waals surface area contributed by atoms with E-state index in [1.54, 1.807) is 0 Å². The second-order valence-electron chi connectivity index (χ2n) is 8.35. The average molecular weight is 343 g/mol. The minimum Gasteiger partial charge on any atom is -0.444 e. The van der Waals surface area contributed by atoms with Crippen LogP contribution in [0.3, 0.4) is 0 Å². The Balaban J connectivity index is 1.78. The van der Waals surface area contributed by atoms with Crippen LogP contribution in [-0.4, -0.2) is 41.9 Å². The van der Waals surface area contributed by atoms with Crippen molar-refractivity contribution in [2.45, 2.75) is 65.1 Å². The van der Waals surface area contributed by atoms with Gasteiger partial charge in [0.05, 0.1) is 25.3 Å². The standard InChI is InChI=1S/C21H29NO3/c1-14-6-15(2)8-16(7-14)9-17-10-18-12-24-13-19(11-17)22(18)20(23)25-21(3,4)5/h6-8,10,18-19H,9,11-13H2,1-5H3. The van der Waals surface area contributed by atoms with Crippen molar-refractivity contribution in [3.63, 3.8) is 0 Å². The smallest absolute Gasteiger partial charge is 0.411 e. The summed E-state index contributed by atoms with van der Waals surface area (Å²) in [6.45, 7) is 11.1. The third-order valence-corrected chi connectivity index (χ3v) is 4.59. The lowest BCUT2D eigenvalue weighted by atomic mass is 9.90. The molecular formula is C21H29NO3. The van der Waals surface area contributed by atoms with Gasteiger partial charge in [0.25, 0.3) is 0 Å². The van der Waals surface area contributed by atoms with Crippen LogP contribution in [0, 0.1) is 13.8 Å². The summed E-state index contributed by atoms with van der Waals surface area (Å²) in [6.07, 6.45) is 3.77. The molecule has 0 aliphatic carbocycles. The molecular weight excluding hydrogens is 314 g/mol. The lowest BCUT2D eigenvalue weighted by Crippen LogP contribution is -2.57. The molecule has 4 heteroatoms. The van der Waals surface area contributed by atoms with Crippen molar-refractivity contribution >= 4 is 6.09 Å². The van der Waals surface area contributed by atoms with E-state index in [0.29, 0.717) is 13.2 Å². The van der Waals surface area contributed by atoms with E-state index in [2.05, 4.69) is 38.1 Å². The molecule has 2 atom stereocenters. The fraction of sp³-hybridized carbons (Fsp3) is 0.571. The number of nitrogens with zero attached hydrogens (tertiary/aromatic N) is 1. The van der Waals surface area contributed by atoms with E-state index >= 15 is 0 Å². The molecule has 1 aromatic rings. The zero-order valence-electron chi connectivity index (χ0n) is 16.0. The first-order valence-corrected chi connectivity index (χ1v) is 9.07. The normalized spacial score (nSPS) is 23.2. The molecule has 1 saturated heterocycles. The van der Waals surface area contributed by atoms with Gasteiger partial charge in [-0.1, -0.05) is 41.0 Å². The van der Waals surface area contributed by atoms with Gasteiger partial charge in [0, 0.05) is 0 Å². The number of morpholine rings is 1. The molecule has 2 bridgehead atoms. The Hall–Kier alpha value is -1.81. The molecule has 3 rings (SSSR count). The Morgan fingerprint density at radius 2 is 1.88 bits per heavy atom. The second-order valence-corrected chi connectivity index (χ2v) is 8.35. The van der Waals surface area contributed by atoms with Gasteiger partial charge in [-0.05, 0) is 53.0 Å². The predicted molar refractivity (Wildman–Crippen MR) is 98.8 cm³/mol. The van der Waals surface area contributed by atoms with Gasteiger partial charge in [0.2, 0.25) is 0 Å². The number of carbonyl (C=O) groups is 1. The molecule has 25 heavy (non-hydrogen) atoms. The summed E-state index contributed by atoms with van der Waals surface area (Å²) >= 11 is 0. The summed E-state index contributed by atoms with van der Waals surface area (Å²) in [5.74, 6) is 0. The van der Waals surface area contributed by atoms with Crippen molar-refractivity contribution < 1.29 is 14.3 Å². The van der Waals surface area contributed by atoms with E-state index in [4.69, 9.17) is 9.47 Å². The molecule has 2 aliphatic rings. The highest BCUT2D eigenvalue weighted by Crippen LogP contribution is 2.30. The molecule has 1 amide bonds. The maximum atomic E-state index is 12.6.